The highest BCUT2D eigenvalue weighted by Crippen LogP contribution is 2.38. The zero-order valence-electron chi connectivity index (χ0n) is 28.9. The van der Waals surface area contributed by atoms with Gasteiger partial charge in [-0.1, -0.05) is 122 Å². The molecule has 0 saturated carbocycles. The molecule has 0 aliphatic carbocycles. The van der Waals surface area contributed by atoms with E-state index in [9.17, 15) is 4.79 Å². The zero-order valence-corrected chi connectivity index (χ0v) is 28.9. The van der Waals surface area contributed by atoms with Gasteiger partial charge < -0.3 is 9.97 Å². The molecule has 8 bridgehead atoms. The van der Waals surface area contributed by atoms with E-state index in [0.29, 0.717) is 12.0 Å². The van der Waals surface area contributed by atoms with Gasteiger partial charge in [0.2, 0.25) is 0 Å². The van der Waals surface area contributed by atoms with E-state index in [2.05, 4.69) is 131 Å². The van der Waals surface area contributed by atoms with E-state index in [1.54, 1.807) is 0 Å². The molecule has 52 heavy (non-hydrogen) atoms. The number of carbonyl (C=O) groups excluding carboxylic acids is 1. The third-order valence-electron chi connectivity index (χ3n) is 10.1. The Kier molecular flexibility index (Phi) is 8.01. The Morgan fingerprint density at radius 2 is 0.865 bits per heavy atom. The number of Topliss-reactive ketones (excluding diaryl/α,β-unsaturated/α-hetero) is 1. The first-order valence-electron chi connectivity index (χ1n) is 17.9. The highest BCUT2D eigenvalue weighted by Gasteiger charge is 2.21. The second kappa shape index (κ2) is 13.3. The molecule has 0 radical (unpaired) electrons. The predicted octanol–water partition coefficient (Wildman–Crippen LogP) is 11.5. The van der Waals surface area contributed by atoms with E-state index >= 15 is 0 Å². The smallest absolute Gasteiger partial charge is 0.162 e. The van der Waals surface area contributed by atoms with Crippen LogP contribution < -0.4 is 0 Å². The molecule has 0 spiro atoms. The fourth-order valence-corrected chi connectivity index (χ4v) is 7.57. The van der Waals surface area contributed by atoms with Gasteiger partial charge in [-0.25, -0.2) is 4.98 Å². The third-order valence-corrected chi connectivity index (χ3v) is 10.1. The molecule has 2 aliphatic rings. The number of ketones is 1. The van der Waals surface area contributed by atoms with Crippen LogP contribution in [-0.4, -0.2) is 25.7 Å². The monoisotopic (exact) mass is 672 g/mol. The van der Waals surface area contributed by atoms with Crippen molar-refractivity contribution in [2.45, 2.75) is 26.2 Å². The van der Waals surface area contributed by atoms with Crippen LogP contribution in [0.2, 0.25) is 0 Å². The van der Waals surface area contributed by atoms with Gasteiger partial charge in [0.15, 0.2) is 5.78 Å². The Bertz CT molecular complexity index is 2650. The van der Waals surface area contributed by atoms with Crippen molar-refractivity contribution in [3.8, 4) is 44.5 Å². The molecule has 0 amide bonds. The van der Waals surface area contributed by atoms with Gasteiger partial charge in [0.05, 0.1) is 22.8 Å². The summed E-state index contributed by atoms with van der Waals surface area (Å²) in [7, 11) is 0. The maximum Gasteiger partial charge on any atom is 0.162 e. The number of aromatic amines is 2. The number of benzene rings is 4. The van der Waals surface area contributed by atoms with Crippen molar-refractivity contribution in [3.63, 3.8) is 0 Å². The second-order valence-electron chi connectivity index (χ2n) is 13.2. The summed E-state index contributed by atoms with van der Waals surface area (Å²) in [6, 6.07) is 48.2. The van der Waals surface area contributed by atoms with E-state index in [0.717, 1.165) is 102 Å². The van der Waals surface area contributed by atoms with Crippen LogP contribution in [0, 0.1) is 0 Å². The van der Waals surface area contributed by atoms with Gasteiger partial charge in [-0.05, 0) is 71.5 Å². The van der Waals surface area contributed by atoms with E-state index in [1.807, 2.05) is 37.3 Å². The van der Waals surface area contributed by atoms with Crippen LogP contribution in [0.4, 0.5) is 0 Å². The molecule has 0 saturated heterocycles. The van der Waals surface area contributed by atoms with Crippen LogP contribution in [0.15, 0.2) is 140 Å². The summed E-state index contributed by atoms with van der Waals surface area (Å²) >= 11 is 0. The second-order valence-corrected chi connectivity index (χ2v) is 13.2. The summed E-state index contributed by atoms with van der Waals surface area (Å²) in [5, 5.41) is 0. The number of hydrogen-bond donors (Lipinski definition) is 2. The van der Waals surface area contributed by atoms with E-state index < -0.39 is 0 Å². The normalized spacial score (nSPS) is 12.2. The fraction of sp³-hybridized carbons (Fsp3) is 0.0851. The minimum atomic E-state index is 0.126. The Hall–Kier alpha value is -6.59. The minimum absolute atomic E-state index is 0.126. The summed E-state index contributed by atoms with van der Waals surface area (Å²) < 4.78 is 0. The van der Waals surface area contributed by atoms with E-state index in [1.165, 1.54) is 0 Å². The fourth-order valence-electron chi connectivity index (χ4n) is 7.57. The van der Waals surface area contributed by atoms with Crippen molar-refractivity contribution >= 4 is 40.0 Å². The van der Waals surface area contributed by atoms with Gasteiger partial charge in [0, 0.05) is 56.3 Å². The predicted molar refractivity (Wildman–Crippen MR) is 214 cm³/mol. The number of hydrogen-bond acceptors (Lipinski definition) is 3. The molecule has 4 aromatic carbocycles. The van der Waals surface area contributed by atoms with E-state index in [-0.39, 0.29) is 5.78 Å². The molecule has 2 aliphatic heterocycles. The van der Waals surface area contributed by atoms with Crippen molar-refractivity contribution < 1.29 is 4.79 Å². The minimum Gasteiger partial charge on any atom is -0.354 e. The Morgan fingerprint density at radius 1 is 0.481 bits per heavy atom. The molecule has 9 rings (SSSR count). The lowest BCUT2D eigenvalue weighted by molar-refractivity contribution is 0.0988. The first-order valence-corrected chi connectivity index (χ1v) is 17.9. The van der Waals surface area contributed by atoms with Gasteiger partial charge in [-0.15, -0.1) is 0 Å². The quantitative estimate of drug-likeness (QED) is 0.173. The number of nitrogens with one attached hydrogen (secondary N) is 2. The summed E-state index contributed by atoms with van der Waals surface area (Å²) in [5.74, 6) is 0.126. The molecule has 0 unspecified atom stereocenters. The third kappa shape index (κ3) is 5.66. The summed E-state index contributed by atoms with van der Waals surface area (Å²) in [6.07, 6.45) is 6.32. The van der Waals surface area contributed by atoms with Gasteiger partial charge in [-0.3, -0.25) is 9.78 Å². The number of carbonyl (C=O) groups is 1. The first kappa shape index (κ1) is 31.4. The van der Waals surface area contributed by atoms with Crippen molar-refractivity contribution in [1.82, 2.24) is 19.9 Å². The van der Waals surface area contributed by atoms with Gasteiger partial charge in [-0.2, -0.15) is 0 Å². The van der Waals surface area contributed by atoms with Crippen LogP contribution in [0.1, 0.15) is 46.5 Å². The lowest BCUT2D eigenvalue weighted by Crippen LogP contribution is -1.96. The van der Waals surface area contributed by atoms with Crippen molar-refractivity contribution in [1.29, 1.82) is 0 Å². The van der Waals surface area contributed by atoms with E-state index in [4.69, 9.17) is 9.97 Å². The number of aromatic nitrogens is 4. The molecule has 5 nitrogen and oxygen atoms in total. The maximum absolute atomic E-state index is 12.6. The molecule has 250 valence electrons. The largest absolute Gasteiger partial charge is 0.354 e. The number of H-pyrrole nitrogens is 2. The van der Waals surface area contributed by atoms with Crippen LogP contribution in [0.25, 0.3) is 78.7 Å². The lowest BCUT2D eigenvalue weighted by atomic mass is 10.0. The Morgan fingerprint density at radius 3 is 1.29 bits per heavy atom. The average Bonchev–Trinajstić information content (AvgIpc) is 4.04. The molecule has 5 heterocycles. The molecule has 0 atom stereocenters. The van der Waals surface area contributed by atoms with Crippen LogP contribution in [-0.2, 0) is 12.8 Å². The number of rotatable bonds is 6. The van der Waals surface area contributed by atoms with Crippen molar-refractivity contribution in [2.75, 3.05) is 0 Å². The summed E-state index contributed by atoms with van der Waals surface area (Å²) in [4.78, 5) is 31.1. The first-order chi connectivity index (χ1) is 25.6. The molecule has 0 fully saturated rings. The number of fused-ring (bicyclic) bond motifs is 8. The molecule has 3 aromatic heterocycles. The van der Waals surface area contributed by atoms with Gasteiger partial charge >= 0.3 is 0 Å². The van der Waals surface area contributed by atoms with Crippen LogP contribution in [0.3, 0.4) is 0 Å². The SMILES string of the molecule is CCC(=O)c1ccc(-c2c3nc(c(-c4ccccc4)c4ccc([nH]4)c(-c4ccccc4)c4nc(c(-c5ccccc5)c5ccc2[nH]5)CC4)C=C3)cc1. The number of aryl methyl sites for hydroxylation is 2. The maximum atomic E-state index is 12.6. The number of nitrogens with zero attached hydrogens (tertiary/aromatic N) is 2. The highest BCUT2D eigenvalue weighted by molar-refractivity contribution is 5.99. The zero-order chi connectivity index (χ0) is 35.0. The highest BCUT2D eigenvalue weighted by atomic mass is 16.1. The van der Waals surface area contributed by atoms with Crippen LogP contribution >= 0.6 is 0 Å². The average molecular weight is 673 g/mol. The van der Waals surface area contributed by atoms with Gasteiger partial charge in [0.1, 0.15) is 0 Å². The Balaban J connectivity index is 1.44. The standard InChI is InChI=1S/C47H36N4O/c1-2-43(52)30-18-20-34(21-19-30)47-41-28-26-39(50-41)45(32-14-8-4-9-15-32)37-24-22-35(48-37)44(31-12-6-3-7-13-31)36-23-25-38(49-36)46(33-16-10-5-11-17-33)40-27-29-42(47)51-40/h3-22,24,26-29,48,51H,2,23,25H2,1H3. The summed E-state index contributed by atoms with van der Waals surface area (Å²) in [5.41, 5.74) is 17.0. The van der Waals surface area contributed by atoms with Crippen molar-refractivity contribution in [2.24, 2.45) is 0 Å². The van der Waals surface area contributed by atoms with Gasteiger partial charge in [0.25, 0.3) is 0 Å². The molecular weight excluding hydrogens is 637 g/mol. The molecule has 2 N–H and O–H groups in total. The lowest BCUT2D eigenvalue weighted by Gasteiger charge is -2.07. The van der Waals surface area contributed by atoms with Crippen LogP contribution in [0.5, 0.6) is 0 Å². The molecule has 7 aromatic rings. The summed E-state index contributed by atoms with van der Waals surface area (Å²) in [6.45, 7) is 1.90. The topological polar surface area (TPSA) is 74.4 Å². The molecule has 5 heteroatoms. The molecular formula is C47H36N4O. The Labute approximate surface area is 302 Å². The van der Waals surface area contributed by atoms with Crippen molar-refractivity contribution in [3.05, 3.63) is 168 Å².